The molecule has 2 aromatic rings. The van der Waals surface area contributed by atoms with Gasteiger partial charge in [0.1, 0.15) is 0 Å². The summed E-state index contributed by atoms with van der Waals surface area (Å²) in [5, 5.41) is 8.10. The number of thioether (sulfide) groups is 1. The van der Waals surface area contributed by atoms with Crippen LogP contribution in [0.3, 0.4) is 0 Å². The molecule has 90 valence electrons. The number of halogens is 1. The second kappa shape index (κ2) is 6.07. The van der Waals surface area contributed by atoms with Gasteiger partial charge in [-0.1, -0.05) is 12.1 Å². The Bertz CT molecular complexity index is 487. The first kappa shape index (κ1) is 12.5. The largest absolute Gasteiger partial charge is 0.421 e. The van der Waals surface area contributed by atoms with Crippen molar-refractivity contribution >= 4 is 23.4 Å². The van der Waals surface area contributed by atoms with Gasteiger partial charge in [-0.15, -0.1) is 33.6 Å². The Morgan fingerprint density at radius 2 is 2.12 bits per heavy atom. The third kappa shape index (κ3) is 3.01. The van der Waals surface area contributed by atoms with Crippen molar-refractivity contribution in [3.8, 4) is 11.5 Å². The summed E-state index contributed by atoms with van der Waals surface area (Å²) in [6.45, 7) is 0. The number of aromatic nitrogens is 2. The minimum Gasteiger partial charge on any atom is -0.421 e. The first-order valence-corrected chi connectivity index (χ1v) is 7.13. The molecule has 0 unspecified atom stereocenters. The zero-order chi connectivity index (χ0) is 12.1. The first-order chi connectivity index (χ1) is 8.35. The van der Waals surface area contributed by atoms with Gasteiger partial charge in [-0.3, -0.25) is 0 Å². The van der Waals surface area contributed by atoms with Gasteiger partial charge in [0.2, 0.25) is 11.8 Å². The summed E-state index contributed by atoms with van der Waals surface area (Å²) in [6, 6.07) is 8.01. The van der Waals surface area contributed by atoms with E-state index in [1.165, 1.54) is 0 Å². The molecule has 0 aliphatic rings. The van der Waals surface area contributed by atoms with Gasteiger partial charge in [0, 0.05) is 17.2 Å². The summed E-state index contributed by atoms with van der Waals surface area (Å²) in [5.41, 5.74) is 0.990. The van der Waals surface area contributed by atoms with Gasteiger partial charge in [-0.2, -0.15) is 0 Å². The van der Waals surface area contributed by atoms with Crippen LogP contribution in [-0.4, -0.2) is 22.3 Å². The standard InChI is InChI=1S/C12H13ClN2OS/c1-17-10-6-3-2-5-9(10)12-15-14-11(16-12)7-4-8-13/h2-3,5-6H,4,7-8H2,1H3. The van der Waals surface area contributed by atoms with E-state index in [1.54, 1.807) is 11.8 Å². The minimum absolute atomic E-state index is 0.583. The number of aryl methyl sites for hydroxylation is 1. The zero-order valence-corrected chi connectivity index (χ0v) is 11.1. The lowest BCUT2D eigenvalue weighted by atomic mass is 10.2. The highest BCUT2D eigenvalue weighted by Crippen LogP contribution is 2.28. The van der Waals surface area contributed by atoms with Gasteiger partial charge >= 0.3 is 0 Å². The molecule has 0 spiro atoms. The zero-order valence-electron chi connectivity index (χ0n) is 9.52. The molecule has 5 heteroatoms. The lowest BCUT2D eigenvalue weighted by Crippen LogP contribution is -1.85. The molecule has 0 amide bonds. The predicted molar refractivity (Wildman–Crippen MR) is 70.6 cm³/mol. The van der Waals surface area contributed by atoms with Crippen LogP contribution in [0.2, 0.25) is 0 Å². The highest BCUT2D eigenvalue weighted by Gasteiger charge is 2.11. The quantitative estimate of drug-likeness (QED) is 0.613. The maximum absolute atomic E-state index is 5.63. The van der Waals surface area contributed by atoms with E-state index in [4.69, 9.17) is 16.0 Å². The fourth-order valence-electron chi connectivity index (χ4n) is 1.50. The molecule has 0 radical (unpaired) electrons. The van der Waals surface area contributed by atoms with Crippen molar-refractivity contribution < 1.29 is 4.42 Å². The lowest BCUT2D eigenvalue weighted by molar-refractivity contribution is 0.502. The molecular formula is C12H13ClN2OS. The monoisotopic (exact) mass is 268 g/mol. The van der Waals surface area contributed by atoms with Crippen molar-refractivity contribution in [2.75, 3.05) is 12.1 Å². The molecule has 0 fully saturated rings. The number of benzene rings is 1. The molecule has 1 aromatic heterocycles. The molecule has 1 heterocycles. The summed E-state index contributed by atoms with van der Waals surface area (Å²) >= 11 is 7.30. The molecule has 1 aromatic carbocycles. The Kier molecular flexibility index (Phi) is 4.45. The Labute approximate surface area is 110 Å². The molecule has 17 heavy (non-hydrogen) atoms. The SMILES string of the molecule is CSc1ccccc1-c1nnc(CCCCl)o1. The maximum Gasteiger partial charge on any atom is 0.248 e. The molecule has 0 N–H and O–H groups in total. The van der Waals surface area contributed by atoms with E-state index in [1.807, 2.05) is 30.5 Å². The molecule has 0 aliphatic heterocycles. The summed E-state index contributed by atoms with van der Waals surface area (Å²) in [7, 11) is 0. The van der Waals surface area contributed by atoms with Crippen LogP contribution in [0.15, 0.2) is 33.6 Å². The van der Waals surface area contributed by atoms with Gasteiger partial charge in [0.25, 0.3) is 0 Å². The number of alkyl halides is 1. The van der Waals surface area contributed by atoms with Crippen LogP contribution in [-0.2, 0) is 6.42 Å². The van der Waals surface area contributed by atoms with E-state index in [9.17, 15) is 0 Å². The lowest BCUT2D eigenvalue weighted by Gasteiger charge is -2.01. The summed E-state index contributed by atoms with van der Waals surface area (Å²) < 4.78 is 5.62. The second-order valence-corrected chi connectivity index (χ2v) is 4.72. The Balaban J connectivity index is 2.24. The first-order valence-electron chi connectivity index (χ1n) is 5.37. The van der Waals surface area contributed by atoms with Crippen LogP contribution in [0.1, 0.15) is 12.3 Å². The molecule has 0 saturated carbocycles. The summed E-state index contributed by atoms with van der Waals surface area (Å²) in [5.74, 6) is 1.84. The number of hydrogen-bond acceptors (Lipinski definition) is 4. The number of nitrogens with zero attached hydrogens (tertiary/aromatic N) is 2. The number of rotatable bonds is 5. The van der Waals surface area contributed by atoms with Crippen LogP contribution < -0.4 is 0 Å². The van der Waals surface area contributed by atoms with E-state index in [2.05, 4.69) is 10.2 Å². The van der Waals surface area contributed by atoms with Gasteiger partial charge in [0.05, 0.1) is 5.56 Å². The Morgan fingerprint density at radius 3 is 2.88 bits per heavy atom. The van der Waals surface area contributed by atoms with Crippen molar-refractivity contribution in [3.63, 3.8) is 0 Å². The minimum atomic E-state index is 0.583. The van der Waals surface area contributed by atoms with Crippen molar-refractivity contribution in [1.29, 1.82) is 0 Å². The topological polar surface area (TPSA) is 38.9 Å². The van der Waals surface area contributed by atoms with Crippen molar-refractivity contribution in [1.82, 2.24) is 10.2 Å². The Morgan fingerprint density at radius 1 is 1.29 bits per heavy atom. The maximum atomic E-state index is 5.63. The summed E-state index contributed by atoms with van der Waals surface area (Å²) in [6.07, 6.45) is 3.62. The van der Waals surface area contributed by atoms with Gasteiger partial charge in [0.15, 0.2) is 0 Å². The molecule has 0 saturated heterocycles. The second-order valence-electron chi connectivity index (χ2n) is 3.49. The highest BCUT2D eigenvalue weighted by atomic mass is 35.5. The van der Waals surface area contributed by atoms with E-state index in [0.29, 0.717) is 17.7 Å². The molecule has 0 atom stereocenters. The third-order valence-corrected chi connectivity index (χ3v) is 3.39. The smallest absolute Gasteiger partial charge is 0.248 e. The average molecular weight is 269 g/mol. The predicted octanol–water partition coefficient (Wildman–Crippen LogP) is 3.63. The Hall–Kier alpha value is -1.000. The average Bonchev–Trinajstić information content (AvgIpc) is 2.85. The van der Waals surface area contributed by atoms with E-state index in [0.717, 1.165) is 23.3 Å². The van der Waals surface area contributed by atoms with Gasteiger partial charge in [-0.25, -0.2) is 0 Å². The number of hydrogen-bond donors (Lipinski definition) is 0. The van der Waals surface area contributed by atoms with Crippen molar-refractivity contribution in [2.24, 2.45) is 0 Å². The normalized spacial score (nSPS) is 10.7. The van der Waals surface area contributed by atoms with Crippen LogP contribution >= 0.6 is 23.4 Å². The molecule has 2 rings (SSSR count). The fourth-order valence-corrected chi connectivity index (χ4v) is 2.23. The van der Waals surface area contributed by atoms with Crippen molar-refractivity contribution in [2.45, 2.75) is 17.7 Å². The highest BCUT2D eigenvalue weighted by molar-refractivity contribution is 7.98. The van der Waals surface area contributed by atoms with E-state index < -0.39 is 0 Å². The molecule has 3 nitrogen and oxygen atoms in total. The van der Waals surface area contributed by atoms with Gasteiger partial charge in [-0.05, 0) is 24.8 Å². The molecule has 0 bridgehead atoms. The molecule has 0 aliphatic carbocycles. The third-order valence-electron chi connectivity index (χ3n) is 2.33. The van der Waals surface area contributed by atoms with Crippen LogP contribution in [0.25, 0.3) is 11.5 Å². The summed E-state index contributed by atoms with van der Waals surface area (Å²) in [4.78, 5) is 1.14. The molecular weight excluding hydrogens is 256 g/mol. The van der Waals surface area contributed by atoms with Crippen LogP contribution in [0.4, 0.5) is 0 Å². The van der Waals surface area contributed by atoms with E-state index >= 15 is 0 Å². The fraction of sp³-hybridized carbons (Fsp3) is 0.333. The van der Waals surface area contributed by atoms with E-state index in [-0.39, 0.29) is 0 Å². The van der Waals surface area contributed by atoms with Crippen molar-refractivity contribution in [3.05, 3.63) is 30.2 Å². The van der Waals surface area contributed by atoms with Crippen LogP contribution in [0.5, 0.6) is 0 Å². The van der Waals surface area contributed by atoms with Crippen LogP contribution in [0, 0.1) is 0 Å². The van der Waals surface area contributed by atoms with Gasteiger partial charge < -0.3 is 4.42 Å².